The van der Waals surface area contributed by atoms with Crippen LogP contribution in [0.2, 0.25) is 0 Å². The molecule has 2 aromatic rings. The maximum atomic E-state index is 13.0. The van der Waals surface area contributed by atoms with Crippen molar-refractivity contribution in [1.82, 2.24) is 19.7 Å². The van der Waals surface area contributed by atoms with E-state index in [9.17, 15) is 9.59 Å². The third-order valence-electron chi connectivity index (χ3n) is 6.23. The Hall–Kier alpha value is -2.90. The zero-order chi connectivity index (χ0) is 23.4. The van der Waals surface area contributed by atoms with Crippen LogP contribution in [-0.2, 0) is 28.9 Å². The van der Waals surface area contributed by atoms with Gasteiger partial charge < -0.3 is 14.2 Å². The second-order valence-corrected chi connectivity index (χ2v) is 10.1. The largest absolute Gasteiger partial charge is 0.444 e. The van der Waals surface area contributed by atoms with Crippen LogP contribution in [0.4, 0.5) is 10.5 Å². The first kappa shape index (κ1) is 23.3. The van der Waals surface area contributed by atoms with Crippen molar-refractivity contribution in [3.63, 3.8) is 0 Å². The normalized spacial score (nSPS) is 18.9. The highest BCUT2D eigenvalue weighted by atomic mass is 16.6. The minimum Gasteiger partial charge on any atom is -0.444 e. The Kier molecular flexibility index (Phi) is 7.00. The number of aryl methyl sites for hydroxylation is 1. The number of benzene rings is 1. The van der Waals surface area contributed by atoms with Crippen molar-refractivity contribution in [1.29, 1.82) is 0 Å². The molecule has 4 rings (SSSR count). The molecule has 1 saturated heterocycles. The van der Waals surface area contributed by atoms with Gasteiger partial charge in [0.2, 0.25) is 5.91 Å². The molecule has 1 N–H and O–H groups in total. The smallest absolute Gasteiger partial charge is 0.412 e. The fourth-order valence-corrected chi connectivity index (χ4v) is 4.64. The van der Waals surface area contributed by atoms with E-state index in [0.29, 0.717) is 18.7 Å². The van der Waals surface area contributed by atoms with Crippen LogP contribution in [0.1, 0.15) is 76.0 Å². The molecule has 1 fully saturated rings. The molecule has 1 aromatic heterocycles. The molecule has 2 aliphatic heterocycles. The lowest BCUT2D eigenvalue weighted by Gasteiger charge is -2.32. The summed E-state index contributed by atoms with van der Waals surface area (Å²) < 4.78 is 7.58. The predicted molar refractivity (Wildman–Crippen MR) is 126 cm³/mol. The van der Waals surface area contributed by atoms with Crippen molar-refractivity contribution in [2.75, 3.05) is 18.4 Å². The van der Waals surface area contributed by atoms with Gasteiger partial charge in [0.25, 0.3) is 0 Å². The number of aromatic nitrogens is 3. The topological polar surface area (TPSA) is 89.3 Å². The number of hydrogen-bond donors (Lipinski definition) is 1. The van der Waals surface area contributed by atoms with Crippen LogP contribution < -0.4 is 5.32 Å². The molecule has 178 valence electrons. The molecule has 0 unspecified atom stereocenters. The summed E-state index contributed by atoms with van der Waals surface area (Å²) in [5, 5.41) is 11.7. The summed E-state index contributed by atoms with van der Waals surface area (Å²) in [6.45, 7) is 7.96. The van der Waals surface area contributed by atoms with Crippen LogP contribution >= 0.6 is 0 Å². The van der Waals surface area contributed by atoms with E-state index in [1.54, 1.807) is 12.1 Å². The van der Waals surface area contributed by atoms with Gasteiger partial charge in [0.15, 0.2) is 0 Å². The van der Waals surface area contributed by atoms with Crippen LogP contribution in [0.3, 0.4) is 0 Å². The summed E-state index contributed by atoms with van der Waals surface area (Å²) in [6, 6.07) is 7.36. The molecule has 0 spiro atoms. The predicted octanol–water partition coefficient (Wildman–Crippen LogP) is 4.30. The molecule has 0 aliphatic carbocycles. The quantitative estimate of drug-likeness (QED) is 0.746. The maximum absolute atomic E-state index is 13.0. The number of amides is 2. The minimum absolute atomic E-state index is 0.128. The number of carbonyl (C=O) groups is 2. The van der Waals surface area contributed by atoms with Gasteiger partial charge in [-0.2, -0.15) is 0 Å². The standard InChI is InChI=1S/C25H35N5O3/c1-25(2,3)33-24(32)26-20-12-10-18(11-13-20)16-22(31)29-14-7-8-19(17-29)23-28-27-21-9-5-4-6-15-30(21)23/h10-13,19H,4-9,14-17H2,1-3H3,(H,26,32)/t19-/m1/s1. The molecule has 1 atom stereocenters. The molecule has 0 bridgehead atoms. The second-order valence-electron chi connectivity index (χ2n) is 10.1. The molecular formula is C25H35N5O3. The van der Waals surface area contributed by atoms with Gasteiger partial charge in [-0.25, -0.2) is 4.79 Å². The highest BCUT2D eigenvalue weighted by Crippen LogP contribution is 2.28. The lowest BCUT2D eigenvalue weighted by molar-refractivity contribution is -0.131. The number of nitrogens with one attached hydrogen (secondary N) is 1. The van der Waals surface area contributed by atoms with E-state index in [1.165, 1.54) is 19.3 Å². The van der Waals surface area contributed by atoms with Crippen molar-refractivity contribution < 1.29 is 14.3 Å². The second kappa shape index (κ2) is 9.93. The van der Waals surface area contributed by atoms with Gasteiger partial charge in [-0.05, 0) is 64.2 Å². The van der Waals surface area contributed by atoms with Crippen LogP contribution in [-0.4, -0.2) is 50.4 Å². The van der Waals surface area contributed by atoms with Gasteiger partial charge in [0, 0.05) is 37.7 Å². The average molecular weight is 454 g/mol. The number of carbonyl (C=O) groups excluding carboxylic acids is 2. The fraction of sp³-hybridized carbons (Fsp3) is 0.600. The van der Waals surface area contributed by atoms with Crippen molar-refractivity contribution >= 4 is 17.7 Å². The highest BCUT2D eigenvalue weighted by molar-refractivity contribution is 5.85. The van der Waals surface area contributed by atoms with E-state index in [-0.39, 0.29) is 11.8 Å². The Morgan fingerprint density at radius 1 is 1.06 bits per heavy atom. The lowest BCUT2D eigenvalue weighted by Crippen LogP contribution is -2.40. The van der Waals surface area contributed by atoms with Crippen LogP contribution in [0.15, 0.2) is 24.3 Å². The molecular weight excluding hydrogens is 418 g/mol. The average Bonchev–Trinajstić information content (AvgIpc) is 3.02. The molecule has 0 radical (unpaired) electrons. The molecule has 0 saturated carbocycles. The molecule has 33 heavy (non-hydrogen) atoms. The molecule has 8 nitrogen and oxygen atoms in total. The van der Waals surface area contributed by atoms with Gasteiger partial charge >= 0.3 is 6.09 Å². The minimum atomic E-state index is -0.548. The number of rotatable bonds is 4. The number of piperidine rings is 1. The van der Waals surface area contributed by atoms with Gasteiger partial charge in [-0.15, -0.1) is 10.2 Å². The Morgan fingerprint density at radius 3 is 2.61 bits per heavy atom. The van der Waals surface area contributed by atoms with Crippen molar-refractivity contribution in [3.05, 3.63) is 41.5 Å². The van der Waals surface area contributed by atoms with Crippen molar-refractivity contribution in [3.8, 4) is 0 Å². The van der Waals surface area contributed by atoms with Gasteiger partial charge in [0.1, 0.15) is 17.2 Å². The maximum Gasteiger partial charge on any atom is 0.412 e. The number of hydrogen-bond acceptors (Lipinski definition) is 5. The summed E-state index contributed by atoms with van der Waals surface area (Å²) >= 11 is 0. The first-order chi connectivity index (χ1) is 15.8. The SMILES string of the molecule is CC(C)(C)OC(=O)Nc1ccc(CC(=O)N2CCC[C@@H](c3nnc4n3CCCCC4)C2)cc1. The Labute approximate surface area is 195 Å². The summed E-state index contributed by atoms with van der Waals surface area (Å²) in [4.78, 5) is 26.9. The first-order valence-electron chi connectivity index (χ1n) is 12.1. The van der Waals surface area contributed by atoms with E-state index in [2.05, 4.69) is 20.1 Å². The van der Waals surface area contributed by atoms with Gasteiger partial charge in [-0.1, -0.05) is 18.6 Å². The molecule has 2 amide bonds. The number of anilines is 1. The molecule has 3 heterocycles. The number of fused-ring (bicyclic) bond motifs is 1. The molecule has 2 aliphatic rings. The fourth-order valence-electron chi connectivity index (χ4n) is 4.64. The lowest BCUT2D eigenvalue weighted by atomic mass is 9.96. The van der Waals surface area contributed by atoms with Gasteiger partial charge in [-0.3, -0.25) is 10.1 Å². The summed E-state index contributed by atoms with van der Waals surface area (Å²) in [7, 11) is 0. The zero-order valence-electron chi connectivity index (χ0n) is 20.0. The third kappa shape index (κ3) is 6.12. The first-order valence-corrected chi connectivity index (χ1v) is 12.1. The molecule has 1 aromatic carbocycles. The van der Waals surface area contributed by atoms with Crippen molar-refractivity contribution in [2.45, 2.75) is 83.8 Å². The van der Waals surface area contributed by atoms with E-state index >= 15 is 0 Å². The Bertz CT molecular complexity index is 977. The van der Waals surface area contributed by atoms with Gasteiger partial charge in [0.05, 0.1) is 6.42 Å². The summed E-state index contributed by atoms with van der Waals surface area (Å²) in [5.41, 5.74) is 1.02. The Morgan fingerprint density at radius 2 is 1.85 bits per heavy atom. The van der Waals surface area contributed by atoms with E-state index in [4.69, 9.17) is 4.74 Å². The van der Waals surface area contributed by atoms with E-state index < -0.39 is 11.7 Å². The summed E-state index contributed by atoms with van der Waals surface area (Å²) in [5.74, 6) is 2.54. The Balaban J connectivity index is 1.34. The number of likely N-dealkylation sites (tertiary alicyclic amines) is 1. The monoisotopic (exact) mass is 453 g/mol. The molecule has 8 heteroatoms. The van der Waals surface area contributed by atoms with Crippen LogP contribution in [0, 0.1) is 0 Å². The third-order valence-corrected chi connectivity index (χ3v) is 6.23. The van der Waals surface area contributed by atoms with Crippen molar-refractivity contribution in [2.24, 2.45) is 0 Å². The number of nitrogens with zero attached hydrogens (tertiary/aromatic N) is 4. The van der Waals surface area contributed by atoms with E-state index in [0.717, 1.165) is 49.6 Å². The van der Waals surface area contributed by atoms with Crippen LogP contribution in [0.25, 0.3) is 0 Å². The zero-order valence-corrected chi connectivity index (χ0v) is 20.0. The van der Waals surface area contributed by atoms with Crippen LogP contribution in [0.5, 0.6) is 0 Å². The summed E-state index contributed by atoms with van der Waals surface area (Å²) in [6.07, 6.45) is 6.48. The number of ether oxygens (including phenoxy) is 1. The van der Waals surface area contributed by atoms with E-state index in [1.807, 2.05) is 37.8 Å². The highest BCUT2D eigenvalue weighted by Gasteiger charge is 2.29.